The number of carbonyl (C=O) groups is 2. The largest absolute Gasteiger partial charge is 0.457 e. The van der Waals surface area contributed by atoms with E-state index < -0.39 is 12.3 Å². The first-order valence-electron chi connectivity index (χ1n) is 8.16. The van der Waals surface area contributed by atoms with E-state index in [4.69, 9.17) is 14.2 Å². The van der Waals surface area contributed by atoms with Crippen LogP contribution in [0.4, 0.5) is 0 Å². The Morgan fingerprint density at radius 3 is 2.00 bits per heavy atom. The van der Waals surface area contributed by atoms with E-state index in [0.29, 0.717) is 30.8 Å². The monoisotopic (exact) mass is 348 g/mol. The Kier molecular flexibility index (Phi) is 11.7. The van der Waals surface area contributed by atoms with Gasteiger partial charge in [-0.1, -0.05) is 50.4 Å². The molecule has 1 aromatic carbocycles. The van der Waals surface area contributed by atoms with Crippen LogP contribution in [0.5, 0.6) is 0 Å². The maximum atomic E-state index is 11.0. The van der Waals surface area contributed by atoms with Crippen molar-refractivity contribution >= 4 is 11.9 Å². The normalized spacial score (nSPS) is 10.7. The summed E-state index contributed by atoms with van der Waals surface area (Å²) in [5.74, 6) is -0.737. The summed E-state index contributed by atoms with van der Waals surface area (Å²) in [6.07, 6.45) is 0.228. The molecule has 0 aromatic heterocycles. The highest BCUT2D eigenvalue weighted by Gasteiger charge is 2.11. The molecule has 0 saturated carbocycles. The highest BCUT2D eigenvalue weighted by molar-refractivity contribution is 5.87. The zero-order valence-corrected chi connectivity index (χ0v) is 15.5. The van der Waals surface area contributed by atoms with E-state index in [9.17, 15) is 9.59 Å². The molecule has 0 heterocycles. The van der Waals surface area contributed by atoms with Crippen LogP contribution in [0.25, 0.3) is 0 Å². The molecule has 1 rings (SSSR count). The summed E-state index contributed by atoms with van der Waals surface area (Å²) in [5, 5.41) is 0. The summed E-state index contributed by atoms with van der Waals surface area (Å²) in [6, 6.07) is 9.55. The van der Waals surface area contributed by atoms with Gasteiger partial charge in [0.25, 0.3) is 0 Å². The number of hydrogen-bond acceptors (Lipinski definition) is 5. The van der Waals surface area contributed by atoms with E-state index in [-0.39, 0.29) is 5.97 Å². The molecule has 0 N–H and O–H groups in total. The second-order valence-electron chi connectivity index (χ2n) is 5.32. The number of benzene rings is 1. The lowest BCUT2D eigenvalue weighted by atomic mass is 10.2. The van der Waals surface area contributed by atoms with Gasteiger partial charge in [0.15, 0.2) is 0 Å². The van der Waals surface area contributed by atoms with Crippen LogP contribution < -0.4 is 0 Å². The van der Waals surface area contributed by atoms with Crippen molar-refractivity contribution in [3.8, 4) is 0 Å². The van der Waals surface area contributed by atoms with Crippen molar-refractivity contribution in [1.29, 1.82) is 0 Å². The Hall–Kier alpha value is -2.40. The Labute approximate surface area is 150 Å². The fourth-order valence-corrected chi connectivity index (χ4v) is 1.49. The average molecular weight is 348 g/mol. The van der Waals surface area contributed by atoms with Crippen molar-refractivity contribution in [1.82, 2.24) is 0 Å². The van der Waals surface area contributed by atoms with Crippen molar-refractivity contribution in [2.45, 2.75) is 47.0 Å². The van der Waals surface area contributed by atoms with Crippen LogP contribution in [-0.4, -0.2) is 24.8 Å². The second kappa shape index (κ2) is 13.0. The minimum absolute atomic E-state index is 0.312. The first-order chi connectivity index (χ1) is 11.8. The number of hydrogen-bond donors (Lipinski definition) is 0. The molecular formula is C20H28O5. The number of esters is 2. The highest BCUT2D eigenvalue weighted by atomic mass is 16.7. The SMILES string of the molecule is C=C(C)C(=O)OC(CC)OCC.C=C(C)C(=O)OCc1ccccc1. The summed E-state index contributed by atoms with van der Waals surface area (Å²) in [7, 11) is 0. The van der Waals surface area contributed by atoms with Crippen molar-refractivity contribution in [2.75, 3.05) is 6.61 Å². The lowest BCUT2D eigenvalue weighted by molar-refractivity contribution is -0.173. The van der Waals surface area contributed by atoms with Gasteiger partial charge >= 0.3 is 11.9 Å². The third-order valence-electron chi connectivity index (χ3n) is 2.83. The molecule has 0 radical (unpaired) electrons. The molecule has 1 aromatic rings. The second-order valence-corrected chi connectivity index (χ2v) is 5.32. The lowest BCUT2D eigenvalue weighted by Crippen LogP contribution is -2.20. The third-order valence-corrected chi connectivity index (χ3v) is 2.83. The zero-order chi connectivity index (χ0) is 19.2. The molecule has 5 nitrogen and oxygen atoms in total. The van der Waals surface area contributed by atoms with Crippen molar-refractivity contribution in [3.63, 3.8) is 0 Å². The lowest BCUT2D eigenvalue weighted by Gasteiger charge is -2.15. The summed E-state index contributed by atoms with van der Waals surface area (Å²) in [6.45, 7) is 14.8. The molecule has 0 aliphatic carbocycles. The molecule has 0 amide bonds. The van der Waals surface area contributed by atoms with Gasteiger partial charge in [0, 0.05) is 24.2 Å². The fourth-order valence-electron chi connectivity index (χ4n) is 1.49. The Balaban J connectivity index is 0.000000463. The first kappa shape index (κ1) is 22.6. The van der Waals surface area contributed by atoms with Gasteiger partial charge in [-0.3, -0.25) is 0 Å². The van der Waals surface area contributed by atoms with Gasteiger partial charge in [-0.15, -0.1) is 0 Å². The van der Waals surface area contributed by atoms with Crippen molar-refractivity contribution in [2.24, 2.45) is 0 Å². The van der Waals surface area contributed by atoms with E-state index >= 15 is 0 Å². The predicted molar refractivity (Wildman–Crippen MR) is 97.7 cm³/mol. The molecule has 5 heteroatoms. The number of ether oxygens (including phenoxy) is 3. The highest BCUT2D eigenvalue weighted by Crippen LogP contribution is 2.04. The summed E-state index contributed by atoms with van der Waals surface area (Å²) < 4.78 is 15.0. The van der Waals surface area contributed by atoms with Crippen LogP contribution in [0, 0.1) is 0 Å². The quantitative estimate of drug-likeness (QED) is 0.400. The maximum Gasteiger partial charge on any atom is 0.335 e. The van der Waals surface area contributed by atoms with Crippen LogP contribution in [0.1, 0.15) is 39.7 Å². The summed E-state index contributed by atoms with van der Waals surface area (Å²) >= 11 is 0. The van der Waals surface area contributed by atoms with Crippen LogP contribution >= 0.6 is 0 Å². The van der Waals surface area contributed by atoms with Gasteiger partial charge in [0.1, 0.15) is 6.61 Å². The van der Waals surface area contributed by atoms with E-state index in [1.54, 1.807) is 13.8 Å². The molecule has 0 fully saturated rings. The zero-order valence-electron chi connectivity index (χ0n) is 15.5. The molecule has 0 bridgehead atoms. The van der Waals surface area contributed by atoms with Gasteiger partial charge in [0.05, 0.1) is 0 Å². The van der Waals surface area contributed by atoms with Crippen LogP contribution in [-0.2, 0) is 30.4 Å². The van der Waals surface area contributed by atoms with E-state index in [2.05, 4.69) is 13.2 Å². The van der Waals surface area contributed by atoms with Crippen LogP contribution in [0.3, 0.4) is 0 Å². The molecule has 25 heavy (non-hydrogen) atoms. The van der Waals surface area contributed by atoms with Crippen molar-refractivity contribution < 1.29 is 23.8 Å². The number of rotatable bonds is 8. The van der Waals surface area contributed by atoms with Gasteiger partial charge < -0.3 is 14.2 Å². The smallest absolute Gasteiger partial charge is 0.335 e. The Morgan fingerprint density at radius 1 is 1.00 bits per heavy atom. The first-order valence-corrected chi connectivity index (χ1v) is 8.16. The topological polar surface area (TPSA) is 61.8 Å². The molecule has 0 spiro atoms. The number of carbonyl (C=O) groups excluding carboxylic acids is 2. The fraction of sp³-hybridized carbons (Fsp3) is 0.400. The molecular weight excluding hydrogens is 320 g/mol. The van der Waals surface area contributed by atoms with Gasteiger partial charge in [-0.2, -0.15) is 0 Å². The molecule has 0 saturated heterocycles. The average Bonchev–Trinajstić information content (AvgIpc) is 2.60. The predicted octanol–water partition coefficient (Wildman–Crippen LogP) is 4.18. The van der Waals surface area contributed by atoms with Gasteiger partial charge in [-0.25, -0.2) is 9.59 Å². The van der Waals surface area contributed by atoms with Crippen molar-refractivity contribution in [3.05, 3.63) is 60.2 Å². The molecule has 138 valence electrons. The minimum Gasteiger partial charge on any atom is -0.457 e. The van der Waals surface area contributed by atoms with E-state index in [1.807, 2.05) is 44.2 Å². The Morgan fingerprint density at radius 2 is 1.56 bits per heavy atom. The Bertz CT molecular complexity index is 563. The standard InChI is InChI=1S/C11H12O2.C9H16O3/c1-9(2)11(12)13-8-10-6-4-3-5-7-10;1-5-8(11-6-2)12-9(10)7(3)4/h3-7H,1,8H2,2H3;8H,3,5-6H2,1-2,4H3. The maximum absolute atomic E-state index is 11.0. The minimum atomic E-state index is -0.431. The van der Waals surface area contributed by atoms with E-state index in [0.717, 1.165) is 5.56 Å². The van der Waals surface area contributed by atoms with Gasteiger partial charge in [0.2, 0.25) is 6.29 Å². The molecule has 1 atom stereocenters. The molecule has 1 unspecified atom stereocenters. The third kappa shape index (κ3) is 10.9. The van der Waals surface area contributed by atoms with E-state index in [1.165, 1.54) is 0 Å². The van der Waals surface area contributed by atoms with Gasteiger partial charge in [-0.05, 0) is 26.3 Å². The van der Waals surface area contributed by atoms with Crippen LogP contribution in [0.2, 0.25) is 0 Å². The van der Waals surface area contributed by atoms with Crippen LogP contribution in [0.15, 0.2) is 54.6 Å². The summed E-state index contributed by atoms with van der Waals surface area (Å²) in [5.41, 5.74) is 1.81. The molecule has 0 aliphatic rings. The molecule has 0 aliphatic heterocycles. The summed E-state index contributed by atoms with van der Waals surface area (Å²) in [4.78, 5) is 22.0.